The zero-order chi connectivity index (χ0) is 22.5. The van der Waals surface area contributed by atoms with Crippen LogP contribution in [0.5, 0.6) is 0 Å². The molecular formula is C28H28N2O2. The van der Waals surface area contributed by atoms with Gasteiger partial charge in [0.2, 0.25) is 0 Å². The van der Waals surface area contributed by atoms with Gasteiger partial charge in [-0.05, 0) is 43.0 Å². The quantitative estimate of drug-likeness (QED) is 0.355. The molecule has 0 bridgehead atoms. The maximum atomic E-state index is 13.6. The highest BCUT2D eigenvalue weighted by Crippen LogP contribution is 2.26. The Labute approximate surface area is 188 Å². The maximum absolute atomic E-state index is 13.6. The molecule has 1 heterocycles. The van der Waals surface area contributed by atoms with E-state index in [2.05, 4.69) is 41.5 Å². The number of carbonyl (C=O) groups is 2. The van der Waals surface area contributed by atoms with E-state index < -0.39 is 6.04 Å². The number of aromatic amines is 1. The third-order valence-corrected chi connectivity index (χ3v) is 5.74. The molecule has 0 spiro atoms. The van der Waals surface area contributed by atoms with Crippen LogP contribution in [0.2, 0.25) is 0 Å². The lowest BCUT2D eigenvalue weighted by atomic mass is 9.96. The molecule has 0 aliphatic heterocycles. The number of carbonyl (C=O) groups excluding carboxylic acids is 2. The summed E-state index contributed by atoms with van der Waals surface area (Å²) < 4.78 is 0. The van der Waals surface area contributed by atoms with Gasteiger partial charge < -0.3 is 10.3 Å². The summed E-state index contributed by atoms with van der Waals surface area (Å²) in [5.41, 5.74) is 5.91. The Morgan fingerprint density at radius 2 is 1.66 bits per heavy atom. The van der Waals surface area contributed by atoms with Gasteiger partial charge >= 0.3 is 0 Å². The molecular weight excluding hydrogens is 396 g/mol. The molecule has 4 aromatic rings. The van der Waals surface area contributed by atoms with Gasteiger partial charge in [0.05, 0.1) is 6.04 Å². The lowest BCUT2D eigenvalue weighted by molar-refractivity contribution is -0.116. The number of H-pyrrole nitrogens is 1. The number of rotatable bonds is 9. The minimum atomic E-state index is -0.433. The largest absolute Gasteiger partial charge is 0.360 e. The number of Topliss-reactive ketones (excluding diaryl/α,β-unsaturated/α-hetero) is 2. The van der Waals surface area contributed by atoms with Gasteiger partial charge in [0.25, 0.3) is 0 Å². The van der Waals surface area contributed by atoms with Crippen molar-refractivity contribution in [2.24, 2.45) is 0 Å². The van der Waals surface area contributed by atoms with Crippen molar-refractivity contribution in [2.75, 3.05) is 6.54 Å². The second-order valence-corrected chi connectivity index (χ2v) is 8.36. The minimum absolute atomic E-state index is 0.0330. The minimum Gasteiger partial charge on any atom is -0.360 e. The zero-order valence-electron chi connectivity index (χ0n) is 18.5. The molecule has 4 rings (SSSR count). The topological polar surface area (TPSA) is 62.0 Å². The Morgan fingerprint density at radius 3 is 2.38 bits per heavy atom. The third-order valence-electron chi connectivity index (χ3n) is 5.74. The number of aromatic nitrogens is 1. The number of fused-ring (bicyclic) bond motifs is 1. The molecule has 0 fully saturated rings. The first-order chi connectivity index (χ1) is 15.5. The van der Waals surface area contributed by atoms with Crippen LogP contribution in [-0.4, -0.2) is 23.1 Å². The number of aryl methyl sites for hydroxylation is 1. The predicted octanol–water partition coefficient (Wildman–Crippen LogP) is 5.36. The molecule has 0 saturated heterocycles. The summed E-state index contributed by atoms with van der Waals surface area (Å²) in [6.07, 6.45) is 3.02. The van der Waals surface area contributed by atoms with E-state index in [0.717, 1.165) is 28.5 Å². The molecule has 0 amide bonds. The molecule has 162 valence electrons. The third kappa shape index (κ3) is 5.04. The van der Waals surface area contributed by atoms with E-state index in [1.807, 2.05) is 48.5 Å². The Bertz CT molecular complexity index is 1220. The van der Waals surface area contributed by atoms with Crippen LogP contribution in [0.3, 0.4) is 0 Å². The van der Waals surface area contributed by atoms with Crippen molar-refractivity contribution in [3.05, 3.63) is 107 Å². The summed E-state index contributed by atoms with van der Waals surface area (Å²) in [5, 5.41) is 4.36. The molecule has 2 N–H and O–H groups in total. The Hall–Kier alpha value is -3.50. The van der Waals surface area contributed by atoms with E-state index in [4.69, 9.17) is 0 Å². The second kappa shape index (κ2) is 9.75. The molecule has 4 nitrogen and oxygen atoms in total. The zero-order valence-corrected chi connectivity index (χ0v) is 18.5. The van der Waals surface area contributed by atoms with Crippen LogP contribution < -0.4 is 5.32 Å². The van der Waals surface area contributed by atoms with Crippen molar-refractivity contribution < 1.29 is 9.59 Å². The average molecular weight is 425 g/mol. The fraction of sp³-hybridized carbons (Fsp3) is 0.214. The highest BCUT2D eigenvalue weighted by Gasteiger charge is 2.24. The van der Waals surface area contributed by atoms with Crippen molar-refractivity contribution in [1.82, 2.24) is 10.3 Å². The Balaban J connectivity index is 1.57. The second-order valence-electron chi connectivity index (χ2n) is 8.36. The smallest absolute Gasteiger partial charge is 0.186 e. The Morgan fingerprint density at radius 1 is 0.938 bits per heavy atom. The standard InChI is InChI=1S/C28H28N2O2/c1-19-8-10-21(11-9-19)14-15-29-27(23-6-4-3-5-7-23)28(32)25-18-30-26-17-22(16-20(2)31)12-13-24(25)26/h3-13,17-18,27,29-30H,14-16H2,1-2H3/t27-/m1/s1. The van der Waals surface area contributed by atoms with Gasteiger partial charge in [-0.25, -0.2) is 0 Å². The van der Waals surface area contributed by atoms with Crippen LogP contribution in [0.25, 0.3) is 10.9 Å². The number of nitrogens with one attached hydrogen (secondary N) is 2. The summed E-state index contributed by atoms with van der Waals surface area (Å²) in [5.74, 6) is 0.153. The summed E-state index contributed by atoms with van der Waals surface area (Å²) in [6, 6.07) is 23.7. The summed E-state index contributed by atoms with van der Waals surface area (Å²) >= 11 is 0. The maximum Gasteiger partial charge on any atom is 0.186 e. The van der Waals surface area contributed by atoms with Crippen LogP contribution in [0.1, 0.15) is 45.6 Å². The fourth-order valence-corrected chi connectivity index (χ4v) is 4.05. The van der Waals surface area contributed by atoms with Crippen LogP contribution in [0.4, 0.5) is 0 Å². The fourth-order valence-electron chi connectivity index (χ4n) is 4.05. The van der Waals surface area contributed by atoms with Crippen molar-refractivity contribution in [3.63, 3.8) is 0 Å². The van der Waals surface area contributed by atoms with E-state index in [1.54, 1.807) is 13.1 Å². The first-order valence-corrected chi connectivity index (χ1v) is 11.0. The molecule has 0 unspecified atom stereocenters. The van der Waals surface area contributed by atoms with Gasteiger partial charge in [0.15, 0.2) is 5.78 Å². The van der Waals surface area contributed by atoms with E-state index in [9.17, 15) is 9.59 Å². The molecule has 1 atom stereocenters. The molecule has 4 heteroatoms. The van der Waals surface area contributed by atoms with Crippen molar-refractivity contribution in [3.8, 4) is 0 Å². The molecule has 1 aromatic heterocycles. The van der Waals surface area contributed by atoms with Gasteiger partial charge in [-0.1, -0.05) is 72.3 Å². The molecule has 3 aromatic carbocycles. The van der Waals surface area contributed by atoms with Gasteiger partial charge in [-0.2, -0.15) is 0 Å². The van der Waals surface area contributed by atoms with E-state index in [-0.39, 0.29) is 11.6 Å². The molecule has 0 radical (unpaired) electrons. The van der Waals surface area contributed by atoms with Gasteiger partial charge in [-0.15, -0.1) is 0 Å². The van der Waals surface area contributed by atoms with E-state index in [1.165, 1.54) is 11.1 Å². The lowest BCUT2D eigenvalue weighted by Crippen LogP contribution is -2.30. The summed E-state index contributed by atoms with van der Waals surface area (Å²) in [4.78, 5) is 28.3. The highest BCUT2D eigenvalue weighted by molar-refractivity contribution is 6.10. The van der Waals surface area contributed by atoms with Crippen LogP contribution in [-0.2, 0) is 17.6 Å². The summed E-state index contributed by atoms with van der Waals surface area (Å²) in [6.45, 7) is 4.36. The van der Waals surface area contributed by atoms with Crippen molar-refractivity contribution in [2.45, 2.75) is 32.7 Å². The number of hydrogen-bond acceptors (Lipinski definition) is 3. The molecule has 32 heavy (non-hydrogen) atoms. The molecule has 0 saturated carbocycles. The first-order valence-electron chi connectivity index (χ1n) is 11.0. The monoisotopic (exact) mass is 424 g/mol. The molecule has 0 aliphatic carbocycles. The van der Waals surface area contributed by atoms with Crippen LogP contribution in [0, 0.1) is 6.92 Å². The van der Waals surface area contributed by atoms with E-state index >= 15 is 0 Å². The van der Waals surface area contributed by atoms with Crippen LogP contribution in [0.15, 0.2) is 79.0 Å². The molecule has 0 aliphatic rings. The van der Waals surface area contributed by atoms with Gasteiger partial charge in [0, 0.05) is 35.6 Å². The first kappa shape index (κ1) is 21.7. The van der Waals surface area contributed by atoms with Crippen molar-refractivity contribution in [1.29, 1.82) is 0 Å². The Kier molecular flexibility index (Phi) is 6.62. The van der Waals surface area contributed by atoms with E-state index in [0.29, 0.717) is 18.5 Å². The number of benzene rings is 3. The van der Waals surface area contributed by atoms with Crippen LogP contribution >= 0.6 is 0 Å². The SMILES string of the molecule is CC(=O)Cc1ccc2c(C(=O)[C@H](NCCc3ccc(C)cc3)c3ccccc3)c[nH]c2c1. The summed E-state index contributed by atoms with van der Waals surface area (Å²) in [7, 11) is 0. The van der Waals surface area contributed by atoms with Gasteiger partial charge in [-0.3, -0.25) is 9.59 Å². The van der Waals surface area contributed by atoms with Crippen molar-refractivity contribution >= 4 is 22.5 Å². The normalized spacial score (nSPS) is 12.1. The number of ketones is 2. The van der Waals surface area contributed by atoms with Gasteiger partial charge in [0.1, 0.15) is 5.78 Å². The lowest BCUT2D eigenvalue weighted by Gasteiger charge is -2.18. The number of hydrogen-bond donors (Lipinski definition) is 2. The highest BCUT2D eigenvalue weighted by atomic mass is 16.1. The predicted molar refractivity (Wildman–Crippen MR) is 129 cm³/mol. The average Bonchev–Trinajstić information content (AvgIpc) is 3.21.